The van der Waals surface area contributed by atoms with Gasteiger partial charge in [0.05, 0.1) is 0 Å². The highest BCUT2D eigenvalue weighted by Crippen LogP contribution is 2.25. The van der Waals surface area contributed by atoms with Crippen LogP contribution in [0.2, 0.25) is 0 Å². The highest BCUT2D eigenvalue weighted by Gasteiger charge is 2.26. The van der Waals surface area contributed by atoms with Crippen LogP contribution < -0.4 is 5.32 Å². The third-order valence-corrected chi connectivity index (χ3v) is 5.85. The standard InChI is InChI=1S/C20H29F2N3O/c1-15(18-4-3-17(21)14-19(18)22)24-10-12-25(13-11-24)20(26)5-2-16-6-8-23-9-7-16/h3-4,14-16,23H,2,5-13H2,1H3. The van der Waals surface area contributed by atoms with Crippen LogP contribution in [0.15, 0.2) is 18.2 Å². The molecule has 2 aliphatic rings. The molecule has 2 aliphatic heterocycles. The van der Waals surface area contributed by atoms with Gasteiger partial charge in [-0.25, -0.2) is 8.78 Å². The molecule has 4 nitrogen and oxygen atoms in total. The quantitative estimate of drug-likeness (QED) is 0.871. The smallest absolute Gasteiger partial charge is 0.222 e. The van der Waals surface area contributed by atoms with E-state index in [-0.39, 0.29) is 11.9 Å². The van der Waals surface area contributed by atoms with Gasteiger partial charge in [-0.3, -0.25) is 9.69 Å². The van der Waals surface area contributed by atoms with E-state index in [1.54, 1.807) is 0 Å². The van der Waals surface area contributed by atoms with Gasteiger partial charge in [-0.1, -0.05) is 6.07 Å². The molecule has 0 aliphatic carbocycles. The summed E-state index contributed by atoms with van der Waals surface area (Å²) >= 11 is 0. The molecule has 1 N–H and O–H groups in total. The van der Waals surface area contributed by atoms with E-state index >= 15 is 0 Å². The van der Waals surface area contributed by atoms with E-state index in [4.69, 9.17) is 0 Å². The van der Waals surface area contributed by atoms with Crippen molar-refractivity contribution < 1.29 is 13.6 Å². The van der Waals surface area contributed by atoms with Crippen molar-refractivity contribution in [2.24, 2.45) is 5.92 Å². The third kappa shape index (κ3) is 4.80. The largest absolute Gasteiger partial charge is 0.340 e. The van der Waals surface area contributed by atoms with E-state index in [0.29, 0.717) is 31.0 Å². The summed E-state index contributed by atoms with van der Waals surface area (Å²) in [6.07, 6.45) is 3.95. The minimum atomic E-state index is -0.553. The van der Waals surface area contributed by atoms with Crippen LogP contribution in [0.5, 0.6) is 0 Å². The van der Waals surface area contributed by atoms with Gasteiger partial charge in [-0.2, -0.15) is 0 Å². The summed E-state index contributed by atoms with van der Waals surface area (Å²) in [6, 6.07) is 3.64. The van der Waals surface area contributed by atoms with Crippen molar-refractivity contribution >= 4 is 5.91 Å². The average molecular weight is 365 g/mol. The lowest BCUT2D eigenvalue weighted by molar-refractivity contribution is -0.133. The van der Waals surface area contributed by atoms with Crippen molar-refractivity contribution in [2.45, 2.75) is 38.6 Å². The maximum atomic E-state index is 14.0. The minimum absolute atomic E-state index is 0.123. The minimum Gasteiger partial charge on any atom is -0.340 e. The van der Waals surface area contributed by atoms with Crippen molar-refractivity contribution in [2.75, 3.05) is 39.3 Å². The molecule has 0 aromatic heterocycles. The second-order valence-corrected chi connectivity index (χ2v) is 7.49. The topological polar surface area (TPSA) is 35.6 Å². The molecule has 2 fully saturated rings. The molecule has 6 heteroatoms. The number of carbonyl (C=O) groups is 1. The Balaban J connectivity index is 1.46. The zero-order valence-electron chi connectivity index (χ0n) is 15.5. The van der Waals surface area contributed by atoms with Crippen LogP contribution in [0.4, 0.5) is 8.78 Å². The van der Waals surface area contributed by atoms with E-state index in [1.807, 2.05) is 11.8 Å². The van der Waals surface area contributed by atoms with Crippen LogP contribution >= 0.6 is 0 Å². The Hall–Kier alpha value is -1.53. The van der Waals surface area contributed by atoms with Gasteiger partial charge in [0.15, 0.2) is 0 Å². The number of halogens is 2. The van der Waals surface area contributed by atoms with E-state index in [1.165, 1.54) is 25.0 Å². The molecular weight excluding hydrogens is 336 g/mol. The Labute approximate surface area is 154 Å². The Bertz CT molecular complexity index is 611. The monoisotopic (exact) mass is 365 g/mol. The zero-order chi connectivity index (χ0) is 18.5. The first-order valence-electron chi connectivity index (χ1n) is 9.72. The van der Waals surface area contributed by atoms with Crippen LogP contribution in [-0.4, -0.2) is 55.0 Å². The summed E-state index contributed by atoms with van der Waals surface area (Å²) in [6.45, 7) is 6.86. The fourth-order valence-corrected chi connectivity index (χ4v) is 4.05. The lowest BCUT2D eigenvalue weighted by Crippen LogP contribution is -2.49. The number of nitrogens with zero attached hydrogens (tertiary/aromatic N) is 2. The van der Waals surface area contributed by atoms with E-state index in [2.05, 4.69) is 10.2 Å². The highest BCUT2D eigenvalue weighted by atomic mass is 19.1. The molecule has 0 spiro atoms. The molecular formula is C20H29F2N3O. The van der Waals surface area contributed by atoms with Crippen molar-refractivity contribution in [3.8, 4) is 0 Å². The molecule has 26 heavy (non-hydrogen) atoms. The van der Waals surface area contributed by atoms with E-state index < -0.39 is 11.6 Å². The molecule has 0 bridgehead atoms. The number of amides is 1. The molecule has 3 rings (SSSR count). The van der Waals surface area contributed by atoms with Gasteiger partial charge in [0.2, 0.25) is 5.91 Å². The average Bonchev–Trinajstić information content (AvgIpc) is 2.66. The zero-order valence-corrected chi connectivity index (χ0v) is 15.5. The fourth-order valence-electron chi connectivity index (χ4n) is 4.05. The Morgan fingerprint density at radius 3 is 2.54 bits per heavy atom. The number of piperazine rings is 1. The predicted molar refractivity (Wildman–Crippen MR) is 97.8 cm³/mol. The highest BCUT2D eigenvalue weighted by molar-refractivity contribution is 5.76. The number of rotatable bonds is 5. The van der Waals surface area contributed by atoms with Crippen LogP contribution in [0.3, 0.4) is 0 Å². The second kappa shape index (κ2) is 8.91. The van der Waals surface area contributed by atoms with Crippen molar-refractivity contribution in [3.63, 3.8) is 0 Å². The number of nitrogens with one attached hydrogen (secondary N) is 1. The molecule has 1 aromatic carbocycles. The van der Waals surface area contributed by atoms with Gasteiger partial charge in [0.25, 0.3) is 0 Å². The van der Waals surface area contributed by atoms with Gasteiger partial charge < -0.3 is 10.2 Å². The maximum absolute atomic E-state index is 14.0. The van der Waals surface area contributed by atoms with Crippen LogP contribution in [-0.2, 0) is 4.79 Å². The lowest BCUT2D eigenvalue weighted by Gasteiger charge is -2.38. The number of carbonyl (C=O) groups excluding carboxylic acids is 1. The van der Waals surface area contributed by atoms with E-state index in [0.717, 1.165) is 38.7 Å². The van der Waals surface area contributed by atoms with Crippen molar-refractivity contribution in [3.05, 3.63) is 35.4 Å². The molecule has 2 heterocycles. The molecule has 1 amide bonds. The van der Waals surface area contributed by atoms with Crippen LogP contribution in [0.1, 0.15) is 44.2 Å². The van der Waals surface area contributed by atoms with Gasteiger partial charge in [-0.15, -0.1) is 0 Å². The summed E-state index contributed by atoms with van der Waals surface area (Å²) in [5.41, 5.74) is 0.511. The summed E-state index contributed by atoms with van der Waals surface area (Å²) in [5, 5.41) is 3.35. The van der Waals surface area contributed by atoms with Crippen molar-refractivity contribution in [1.29, 1.82) is 0 Å². The summed E-state index contributed by atoms with van der Waals surface area (Å²) in [4.78, 5) is 16.6. The summed E-state index contributed by atoms with van der Waals surface area (Å²) in [7, 11) is 0. The van der Waals surface area contributed by atoms with Gasteiger partial charge in [0, 0.05) is 50.3 Å². The first kappa shape index (κ1) is 19.2. The normalized spacial score (nSPS) is 21.0. The third-order valence-electron chi connectivity index (χ3n) is 5.85. The fraction of sp³-hybridized carbons (Fsp3) is 0.650. The van der Waals surface area contributed by atoms with E-state index in [9.17, 15) is 13.6 Å². The molecule has 1 atom stereocenters. The first-order chi connectivity index (χ1) is 12.5. The number of benzene rings is 1. The predicted octanol–water partition coefficient (Wildman–Crippen LogP) is 2.95. The number of hydrogen-bond acceptors (Lipinski definition) is 3. The lowest BCUT2D eigenvalue weighted by atomic mass is 9.93. The van der Waals surface area contributed by atoms with Gasteiger partial charge in [0.1, 0.15) is 11.6 Å². The second-order valence-electron chi connectivity index (χ2n) is 7.49. The maximum Gasteiger partial charge on any atom is 0.222 e. The Morgan fingerprint density at radius 1 is 1.19 bits per heavy atom. The molecule has 2 saturated heterocycles. The van der Waals surface area contributed by atoms with Crippen LogP contribution in [0, 0.1) is 17.6 Å². The summed E-state index contributed by atoms with van der Waals surface area (Å²) < 4.78 is 27.1. The molecule has 0 radical (unpaired) electrons. The molecule has 144 valence electrons. The summed E-state index contributed by atoms with van der Waals surface area (Å²) in [5.74, 6) is -0.146. The van der Waals surface area contributed by atoms with Gasteiger partial charge in [-0.05, 0) is 51.3 Å². The molecule has 0 saturated carbocycles. The molecule has 1 unspecified atom stereocenters. The molecule has 1 aromatic rings. The first-order valence-corrected chi connectivity index (χ1v) is 9.72. The number of piperidine rings is 1. The Kier molecular flexibility index (Phi) is 6.59. The van der Waals surface area contributed by atoms with Crippen LogP contribution in [0.25, 0.3) is 0 Å². The number of hydrogen-bond donors (Lipinski definition) is 1. The Morgan fingerprint density at radius 2 is 1.88 bits per heavy atom. The SMILES string of the molecule is CC(c1ccc(F)cc1F)N1CCN(C(=O)CCC2CCNCC2)CC1. The van der Waals surface area contributed by atoms with Crippen molar-refractivity contribution in [1.82, 2.24) is 15.1 Å². The van der Waals surface area contributed by atoms with Gasteiger partial charge >= 0.3 is 0 Å².